The minimum absolute atomic E-state index is 0.128. The molecular weight excluding hydrogens is 321 g/mol. The van der Waals surface area contributed by atoms with E-state index in [9.17, 15) is 17.6 Å². The molecule has 0 N–H and O–H groups in total. The van der Waals surface area contributed by atoms with Crippen molar-refractivity contribution in [2.75, 3.05) is 19.7 Å². The Hall–Kier alpha value is -1.34. The zero-order chi connectivity index (χ0) is 15.5. The average Bonchev–Trinajstić information content (AvgIpc) is 2.45. The summed E-state index contributed by atoms with van der Waals surface area (Å²) in [5, 5.41) is 0. The van der Waals surface area contributed by atoms with Crippen molar-refractivity contribution in [3.8, 4) is 5.75 Å². The molecule has 0 spiro atoms. The van der Waals surface area contributed by atoms with Crippen molar-refractivity contribution >= 4 is 25.6 Å². The monoisotopic (exact) mass is 335 g/mol. The maximum atomic E-state index is 13.1. The summed E-state index contributed by atoms with van der Waals surface area (Å²) in [5.41, 5.74) is 0. The predicted molar refractivity (Wildman–Crippen MR) is 75.4 cm³/mol. The maximum absolute atomic E-state index is 13.1. The Balaban J connectivity index is 2.08. The van der Waals surface area contributed by atoms with Crippen LogP contribution in [0.25, 0.3) is 0 Å². The van der Waals surface area contributed by atoms with Crippen molar-refractivity contribution in [3.05, 3.63) is 24.0 Å². The molecule has 0 unspecified atom stereocenters. The van der Waals surface area contributed by atoms with Crippen LogP contribution in [0.5, 0.6) is 5.75 Å². The molecule has 1 aromatic rings. The Bertz CT molecular complexity index is 629. The quantitative estimate of drug-likeness (QED) is 0.791. The molecule has 8 heteroatoms. The van der Waals surface area contributed by atoms with Gasteiger partial charge in [0.15, 0.2) is 6.61 Å². The van der Waals surface area contributed by atoms with E-state index < -0.39 is 19.8 Å². The molecule has 1 aliphatic rings. The third kappa shape index (κ3) is 4.31. The second-order valence-corrected chi connectivity index (χ2v) is 7.29. The first-order valence-electron chi connectivity index (χ1n) is 6.53. The van der Waals surface area contributed by atoms with Crippen molar-refractivity contribution in [1.29, 1.82) is 0 Å². The van der Waals surface area contributed by atoms with Gasteiger partial charge in [-0.2, -0.15) is 0 Å². The molecule has 1 heterocycles. The molecule has 1 saturated heterocycles. The molecule has 1 aromatic carbocycles. The number of rotatable bonds is 4. The van der Waals surface area contributed by atoms with E-state index in [0.717, 1.165) is 37.5 Å². The molecule has 1 fully saturated rings. The maximum Gasteiger partial charge on any atom is 0.265 e. The van der Waals surface area contributed by atoms with Crippen LogP contribution in [-0.4, -0.2) is 38.9 Å². The van der Waals surface area contributed by atoms with E-state index in [1.54, 1.807) is 4.90 Å². The molecule has 0 aromatic heterocycles. The number of benzene rings is 1. The first-order chi connectivity index (χ1) is 9.88. The lowest BCUT2D eigenvalue weighted by molar-refractivity contribution is -0.134. The Morgan fingerprint density at radius 2 is 1.95 bits per heavy atom. The smallest absolute Gasteiger partial charge is 0.265 e. The second-order valence-electron chi connectivity index (χ2n) is 4.76. The molecule has 116 valence electrons. The number of halogens is 2. The van der Waals surface area contributed by atoms with E-state index in [4.69, 9.17) is 15.4 Å². The number of piperidine rings is 1. The van der Waals surface area contributed by atoms with Gasteiger partial charge in [-0.15, -0.1) is 0 Å². The van der Waals surface area contributed by atoms with Crippen LogP contribution in [0.3, 0.4) is 0 Å². The number of amides is 1. The fraction of sp³-hybridized carbons (Fsp3) is 0.462. The lowest BCUT2D eigenvalue weighted by Crippen LogP contribution is -2.38. The van der Waals surface area contributed by atoms with Crippen LogP contribution in [0.15, 0.2) is 23.1 Å². The molecule has 0 atom stereocenters. The van der Waals surface area contributed by atoms with E-state index >= 15 is 0 Å². The van der Waals surface area contributed by atoms with Gasteiger partial charge >= 0.3 is 0 Å². The SMILES string of the molecule is O=C(COc1ccc(F)cc1S(=O)(=O)Cl)N1CCCCC1. The highest BCUT2D eigenvalue weighted by Gasteiger charge is 2.21. The van der Waals surface area contributed by atoms with E-state index in [0.29, 0.717) is 13.1 Å². The van der Waals surface area contributed by atoms with Crippen LogP contribution in [0.1, 0.15) is 19.3 Å². The number of nitrogens with zero attached hydrogens (tertiary/aromatic N) is 1. The lowest BCUT2D eigenvalue weighted by Gasteiger charge is -2.26. The standard InChI is InChI=1S/C13H15ClFNO4S/c14-21(18,19)12-8-10(15)4-5-11(12)20-9-13(17)16-6-2-1-3-7-16/h4-5,8H,1-3,6-7,9H2. The third-order valence-corrected chi connectivity index (χ3v) is 4.57. The van der Waals surface area contributed by atoms with Gasteiger partial charge in [-0.25, -0.2) is 12.8 Å². The van der Waals surface area contributed by atoms with Crippen molar-refractivity contribution < 1.29 is 22.3 Å². The summed E-state index contributed by atoms with van der Waals surface area (Å²) in [5.74, 6) is -1.10. The topological polar surface area (TPSA) is 63.7 Å². The molecule has 1 aliphatic heterocycles. The fourth-order valence-electron chi connectivity index (χ4n) is 2.17. The zero-order valence-corrected chi connectivity index (χ0v) is 12.8. The summed E-state index contributed by atoms with van der Waals surface area (Å²) in [6.45, 7) is 1.05. The number of hydrogen-bond acceptors (Lipinski definition) is 4. The summed E-state index contributed by atoms with van der Waals surface area (Å²) >= 11 is 0. The number of carbonyl (C=O) groups is 1. The summed E-state index contributed by atoms with van der Waals surface area (Å²) in [6, 6.07) is 2.96. The fourth-order valence-corrected chi connectivity index (χ4v) is 3.15. The second kappa shape index (κ2) is 6.62. The van der Waals surface area contributed by atoms with Gasteiger partial charge in [0.1, 0.15) is 16.5 Å². The van der Waals surface area contributed by atoms with E-state index in [1.165, 1.54) is 0 Å². The summed E-state index contributed by atoms with van der Waals surface area (Å²) in [4.78, 5) is 13.1. The number of ether oxygens (including phenoxy) is 1. The van der Waals surface area contributed by atoms with Crippen LogP contribution < -0.4 is 4.74 Å². The van der Waals surface area contributed by atoms with Crippen LogP contribution in [0.4, 0.5) is 4.39 Å². The Morgan fingerprint density at radius 3 is 2.57 bits per heavy atom. The van der Waals surface area contributed by atoms with Gasteiger partial charge in [0, 0.05) is 23.8 Å². The summed E-state index contributed by atoms with van der Waals surface area (Å²) in [6.07, 6.45) is 2.99. The molecular formula is C13H15ClFNO4S. The van der Waals surface area contributed by atoms with Crippen molar-refractivity contribution in [3.63, 3.8) is 0 Å². The van der Waals surface area contributed by atoms with Crippen LogP contribution >= 0.6 is 10.7 Å². The Morgan fingerprint density at radius 1 is 1.29 bits per heavy atom. The minimum Gasteiger partial charge on any atom is -0.482 e. The van der Waals surface area contributed by atoms with Gasteiger partial charge < -0.3 is 9.64 Å². The van der Waals surface area contributed by atoms with Crippen molar-refractivity contribution in [2.24, 2.45) is 0 Å². The molecule has 0 bridgehead atoms. The third-order valence-electron chi connectivity index (χ3n) is 3.23. The highest BCUT2D eigenvalue weighted by molar-refractivity contribution is 8.13. The molecule has 5 nitrogen and oxygen atoms in total. The van der Waals surface area contributed by atoms with Gasteiger partial charge in [-0.3, -0.25) is 4.79 Å². The van der Waals surface area contributed by atoms with Crippen LogP contribution in [0, 0.1) is 5.82 Å². The van der Waals surface area contributed by atoms with Crippen molar-refractivity contribution in [2.45, 2.75) is 24.2 Å². The largest absolute Gasteiger partial charge is 0.482 e. The molecule has 0 radical (unpaired) electrons. The van der Waals surface area contributed by atoms with Gasteiger partial charge in [0.05, 0.1) is 0 Å². The van der Waals surface area contributed by atoms with Gasteiger partial charge in [-0.05, 0) is 37.5 Å². The summed E-state index contributed by atoms with van der Waals surface area (Å²) < 4.78 is 41.1. The first kappa shape index (κ1) is 16.0. The minimum atomic E-state index is -4.15. The van der Waals surface area contributed by atoms with Gasteiger partial charge in [0.2, 0.25) is 0 Å². The number of carbonyl (C=O) groups excluding carboxylic acids is 1. The number of hydrogen-bond donors (Lipinski definition) is 0. The molecule has 21 heavy (non-hydrogen) atoms. The Kier molecular flexibility index (Phi) is 5.05. The normalized spacial score (nSPS) is 15.8. The molecule has 2 rings (SSSR count). The highest BCUT2D eigenvalue weighted by Crippen LogP contribution is 2.27. The van der Waals surface area contributed by atoms with Crippen LogP contribution in [0.2, 0.25) is 0 Å². The van der Waals surface area contributed by atoms with Crippen molar-refractivity contribution in [1.82, 2.24) is 4.90 Å². The van der Waals surface area contributed by atoms with Gasteiger partial charge in [-0.1, -0.05) is 0 Å². The first-order valence-corrected chi connectivity index (χ1v) is 8.83. The van der Waals surface area contributed by atoms with E-state index in [1.807, 2.05) is 0 Å². The lowest BCUT2D eigenvalue weighted by atomic mass is 10.1. The van der Waals surface area contributed by atoms with E-state index in [-0.39, 0.29) is 18.3 Å². The predicted octanol–water partition coefficient (Wildman–Crippen LogP) is 2.14. The molecule has 1 amide bonds. The molecule has 0 saturated carbocycles. The van der Waals surface area contributed by atoms with E-state index in [2.05, 4.69) is 0 Å². The zero-order valence-electron chi connectivity index (χ0n) is 11.2. The average molecular weight is 336 g/mol. The summed E-state index contributed by atoms with van der Waals surface area (Å²) in [7, 11) is 1.08. The van der Waals surface area contributed by atoms with Gasteiger partial charge in [0.25, 0.3) is 15.0 Å². The van der Waals surface area contributed by atoms with Crippen LogP contribution in [-0.2, 0) is 13.8 Å². The molecule has 0 aliphatic carbocycles. The highest BCUT2D eigenvalue weighted by atomic mass is 35.7. The number of likely N-dealkylation sites (tertiary alicyclic amines) is 1. The Labute approximate surface area is 127 Å².